The van der Waals surface area contributed by atoms with Gasteiger partial charge in [0.15, 0.2) is 5.96 Å². The number of unbranched alkanes of at least 4 members (excludes halogenated alkanes) is 2. The van der Waals surface area contributed by atoms with Crippen LogP contribution in [0.5, 0.6) is 11.5 Å². The fourth-order valence-electron chi connectivity index (χ4n) is 3.46. The number of piperidine rings is 1. The molecule has 0 unspecified atom stereocenters. The predicted molar refractivity (Wildman–Crippen MR) is 127 cm³/mol. The molecule has 1 aliphatic heterocycles. The van der Waals surface area contributed by atoms with E-state index in [1.165, 1.54) is 64.9 Å². The van der Waals surface area contributed by atoms with Crippen molar-refractivity contribution in [3.63, 3.8) is 0 Å². The van der Waals surface area contributed by atoms with Gasteiger partial charge in [0, 0.05) is 25.7 Å². The maximum absolute atomic E-state index is 12.6. The second-order valence-corrected chi connectivity index (χ2v) is 7.17. The Bertz CT molecular complexity index is 629. The second kappa shape index (κ2) is 15.4. The van der Waals surface area contributed by atoms with Crippen LogP contribution in [0.1, 0.15) is 44.1 Å². The Hall–Kier alpha value is -1.36. The molecule has 1 aromatic carbocycles. The zero-order chi connectivity index (χ0) is 20.9. The molecule has 1 saturated heterocycles. The van der Waals surface area contributed by atoms with Crippen LogP contribution in [0.4, 0.5) is 8.78 Å². The van der Waals surface area contributed by atoms with Gasteiger partial charge in [-0.3, -0.25) is 4.99 Å². The van der Waals surface area contributed by atoms with Gasteiger partial charge in [0.1, 0.15) is 11.5 Å². The van der Waals surface area contributed by atoms with Gasteiger partial charge in [-0.15, -0.1) is 24.0 Å². The molecule has 0 aliphatic carbocycles. The Kier molecular flexibility index (Phi) is 13.7. The van der Waals surface area contributed by atoms with Gasteiger partial charge in [0.05, 0.1) is 7.11 Å². The highest BCUT2D eigenvalue weighted by Gasteiger charge is 2.12. The first-order valence-corrected chi connectivity index (χ1v) is 10.4. The fraction of sp³-hybridized carbons (Fsp3) is 0.667. The second-order valence-electron chi connectivity index (χ2n) is 7.17. The molecule has 2 N–H and O–H groups in total. The van der Waals surface area contributed by atoms with Crippen molar-refractivity contribution >= 4 is 29.9 Å². The monoisotopic (exact) mass is 540 g/mol. The van der Waals surface area contributed by atoms with Crippen molar-refractivity contribution in [3.8, 4) is 11.5 Å². The van der Waals surface area contributed by atoms with Crippen LogP contribution in [0.2, 0.25) is 0 Å². The van der Waals surface area contributed by atoms with Crippen LogP contribution in [-0.2, 0) is 6.54 Å². The summed E-state index contributed by atoms with van der Waals surface area (Å²) < 4.78 is 35.0. The molecule has 0 bridgehead atoms. The number of benzene rings is 1. The van der Waals surface area contributed by atoms with E-state index in [0.29, 0.717) is 23.8 Å². The van der Waals surface area contributed by atoms with E-state index in [9.17, 15) is 8.78 Å². The number of ether oxygens (including phenoxy) is 2. The average molecular weight is 540 g/mol. The van der Waals surface area contributed by atoms with Gasteiger partial charge in [-0.2, -0.15) is 8.78 Å². The first-order valence-electron chi connectivity index (χ1n) is 10.4. The molecule has 0 aromatic heterocycles. The third kappa shape index (κ3) is 10.1. The summed E-state index contributed by atoms with van der Waals surface area (Å²) in [5.74, 6) is 1.34. The largest absolute Gasteiger partial charge is 0.497 e. The fourth-order valence-corrected chi connectivity index (χ4v) is 3.46. The van der Waals surface area contributed by atoms with E-state index in [-0.39, 0.29) is 29.7 Å². The summed E-state index contributed by atoms with van der Waals surface area (Å²) in [6.07, 6.45) is 7.49. The minimum absolute atomic E-state index is 0. The number of halogens is 3. The molecule has 30 heavy (non-hydrogen) atoms. The standard InChI is InChI=1S/C21H34F2N4O2.HI/c1-24-21(25-11-5-3-6-12-27-13-7-4-8-14-27)26-16-17-15-18(28-2)9-10-19(17)29-20(22)23;/h9-10,15,20H,3-8,11-14,16H2,1-2H3,(H2,24,25,26);1H. The third-order valence-electron chi connectivity index (χ3n) is 5.05. The van der Waals surface area contributed by atoms with Crippen LogP contribution in [0.25, 0.3) is 0 Å². The quantitative estimate of drug-likeness (QED) is 0.191. The number of likely N-dealkylation sites (tertiary alicyclic amines) is 1. The lowest BCUT2D eigenvalue weighted by Gasteiger charge is -2.26. The number of guanidine groups is 1. The van der Waals surface area contributed by atoms with E-state index in [1.807, 2.05) is 0 Å². The molecule has 1 fully saturated rings. The number of alkyl halides is 2. The van der Waals surface area contributed by atoms with Crippen LogP contribution >= 0.6 is 24.0 Å². The molecule has 1 aliphatic rings. The Morgan fingerprint density at radius 1 is 1.13 bits per heavy atom. The van der Waals surface area contributed by atoms with E-state index < -0.39 is 6.61 Å². The Morgan fingerprint density at radius 3 is 2.57 bits per heavy atom. The van der Waals surface area contributed by atoms with Crippen molar-refractivity contribution in [3.05, 3.63) is 23.8 Å². The SMILES string of the molecule is CN=C(NCCCCCN1CCCCC1)NCc1cc(OC)ccc1OC(F)F.I. The van der Waals surface area contributed by atoms with Gasteiger partial charge in [0.25, 0.3) is 0 Å². The summed E-state index contributed by atoms with van der Waals surface area (Å²) in [6.45, 7) is 1.93. The normalized spacial score (nSPS) is 14.9. The Balaban J connectivity index is 0.00000450. The number of methoxy groups -OCH3 is 1. The Labute approximate surface area is 195 Å². The molecule has 2 rings (SSSR count). The minimum atomic E-state index is -2.87. The van der Waals surface area contributed by atoms with Gasteiger partial charge in [0.2, 0.25) is 0 Å². The molecular weight excluding hydrogens is 505 g/mol. The van der Waals surface area contributed by atoms with E-state index in [0.717, 1.165) is 13.0 Å². The topological polar surface area (TPSA) is 58.1 Å². The van der Waals surface area contributed by atoms with Crippen LogP contribution in [0.15, 0.2) is 23.2 Å². The summed E-state index contributed by atoms with van der Waals surface area (Å²) in [6, 6.07) is 4.76. The molecule has 6 nitrogen and oxygen atoms in total. The van der Waals surface area contributed by atoms with Gasteiger partial charge in [-0.05, 0) is 63.5 Å². The third-order valence-corrected chi connectivity index (χ3v) is 5.05. The first-order chi connectivity index (χ1) is 14.1. The smallest absolute Gasteiger partial charge is 0.387 e. The van der Waals surface area contributed by atoms with Crippen LogP contribution in [-0.4, -0.2) is 57.8 Å². The highest BCUT2D eigenvalue weighted by atomic mass is 127. The van der Waals surface area contributed by atoms with Crippen molar-refractivity contribution in [1.82, 2.24) is 15.5 Å². The predicted octanol–water partition coefficient (Wildman–Crippen LogP) is 4.24. The van der Waals surface area contributed by atoms with Crippen LogP contribution in [0, 0.1) is 0 Å². The zero-order valence-electron chi connectivity index (χ0n) is 18.0. The van der Waals surface area contributed by atoms with E-state index in [1.54, 1.807) is 19.2 Å². The molecule has 0 amide bonds. The summed E-state index contributed by atoms with van der Waals surface area (Å²) in [5, 5.41) is 6.42. The number of aliphatic imine (C=N–C) groups is 1. The highest BCUT2D eigenvalue weighted by Crippen LogP contribution is 2.25. The lowest BCUT2D eigenvalue weighted by molar-refractivity contribution is -0.0504. The highest BCUT2D eigenvalue weighted by molar-refractivity contribution is 14.0. The van der Waals surface area contributed by atoms with Crippen molar-refractivity contribution in [1.29, 1.82) is 0 Å². The molecule has 0 saturated carbocycles. The number of hydrogen-bond donors (Lipinski definition) is 2. The molecule has 172 valence electrons. The van der Waals surface area contributed by atoms with Gasteiger partial charge in [-0.1, -0.05) is 12.8 Å². The van der Waals surface area contributed by atoms with Crippen molar-refractivity contribution < 1.29 is 18.3 Å². The van der Waals surface area contributed by atoms with Crippen LogP contribution < -0.4 is 20.1 Å². The summed E-state index contributed by atoms with van der Waals surface area (Å²) >= 11 is 0. The maximum Gasteiger partial charge on any atom is 0.387 e. The zero-order valence-corrected chi connectivity index (χ0v) is 20.3. The molecule has 0 spiro atoms. The molecule has 1 aromatic rings. The number of nitrogens with zero attached hydrogens (tertiary/aromatic N) is 2. The van der Waals surface area contributed by atoms with Crippen LogP contribution in [0.3, 0.4) is 0 Å². The lowest BCUT2D eigenvalue weighted by Crippen LogP contribution is -2.37. The summed E-state index contributed by atoms with van der Waals surface area (Å²) in [7, 11) is 3.22. The maximum atomic E-state index is 12.6. The van der Waals surface area contributed by atoms with Gasteiger partial charge < -0.3 is 25.0 Å². The summed E-state index contributed by atoms with van der Waals surface area (Å²) in [4.78, 5) is 6.75. The molecule has 9 heteroatoms. The molecular formula is C21H35F2IN4O2. The number of nitrogens with one attached hydrogen (secondary N) is 2. The van der Waals surface area contributed by atoms with Gasteiger partial charge in [-0.25, -0.2) is 0 Å². The number of rotatable bonds is 11. The van der Waals surface area contributed by atoms with E-state index in [4.69, 9.17) is 4.74 Å². The molecule has 1 heterocycles. The average Bonchev–Trinajstić information content (AvgIpc) is 2.74. The summed E-state index contributed by atoms with van der Waals surface area (Å²) in [5.41, 5.74) is 0.578. The minimum Gasteiger partial charge on any atom is -0.497 e. The first kappa shape index (κ1) is 26.7. The van der Waals surface area contributed by atoms with E-state index in [2.05, 4.69) is 25.3 Å². The molecule has 0 atom stereocenters. The molecule has 0 radical (unpaired) electrons. The Morgan fingerprint density at radius 2 is 1.90 bits per heavy atom. The van der Waals surface area contributed by atoms with Crippen molar-refractivity contribution in [2.45, 2.75) is 51.7 Å². The van der Waals surface area contributed by atoms with E-state index >= 15 is 0 Å². The van der Waals surface area contributed by atoms with Gasteiger partial charge >= 0.3 is 6.61 Å². The lowest BCUT2D eigenvalue weighted by atomic mass is 10.1. The van der Waals surface area contributed by atoms with Crippen molar-refractivity contribution in [2.24, 2.45) is 4.99 Å². The van der Waals surface area contributed by atoms with Crippen molar-refractivity contribution in [2.75, 3.05) is 40.3 Å². The number of hydrogen-bond acceptors (Lipinski definition) is 4.